The summed E-state index contributed by atoms with van der Waals surface area (Å²) in [5.41, 5.74) is -0.663. The van der Waals surface area contributed by atoms with Gasteiger partial charge in [-0.3, -0.25) is 4.79 Å². The molecule has 0 radical (unpaired) electrons. The zero-order valence-corrected chi connectivity index (χ0v) is 11.8. The molecule has 0 fully saturated rings. The van der Waals surface area contributed by atoms with Gasteiger partial charge in [0.05, 0.1) is 11.5 Å². The highest BCUT2D eigenvalue weighted by atomic mass is 32.2. The van der Waals surface area contributed by atoms with E-state index in [4.69, 9.17) is 5.11 Å². The van der Waals surface area contributed by atoms with Crippen LogP contribution in [0.3, 0.4) is 0 Å². The quantitative estimate of drug-likeness (QED) is 0.793. The lowest BCUT2D eigenvalue weighted by Crippen LogP contribution is -2.44. The third-order valence-corrected chi connectivity index (χ3v) is 4.09. The maximum atomic E-state index is 13.4. The Bertz CT molecular complexity index is 639. The number of nitrogens with one attached hydrogen (secondary N) is 1. The molecule has 0 aromatic heterocycles. The van der Waals surface area contributed by atoms with Crippen molar-refractivity contribution in [3.8, 4) is 0 Å². The molecule has 6 nitrogen and oxygen atoms in total. The van der Waals surface area contributed by atoms with Gasteiger partial charge in [-0.25, -0.2) is 22.0 Å². The van der Waals surface area contributed by atoms with Crippen LogP contribution in [0.25, 0.3) is 0 Å². The Labute approximate surface area is 119 Å². The van der Waals surface area contributed by atoms with E-state index in [-0.39, 0.29) is 0 Å². The Morgan fingerprint density at radius 1 is 1.29 bits per heavy atom. The van der Waals surface area contributed by atoms with Crippen molar-refractivity contribution in [2.75, 3.05) is 5.75 Å². The fraction of sp³-hybridized carbons (Fsp3) is 0.333. The summed E-state index contributed by atoms with van der Waals surface area (Å²) < 4.78 is 50.5. The zero-order chi connectivity index (χ0) is 16.2. The molecular formula is C12H13F2NO5S. The zero-order valence-electron chi connectivity index (χ0n) is 11.0. The number of sulfone groups is 1. The molecule has 1 rings (SSSR count). The predicted octanol–water partition coefficient (Wildman–Crippen LogP) is 0.469. The normalized spacial score (nSPS) is 12.7. The van der Waals surface area contributed by atoms with Crippen LogP contribution < -0.4 is 5.32 Å². The van der Waals surface area contributed by atoms with E-state index in [0.29, 0.717) is 0 Å². The van der Waals surface area contributed by atoms with E-state index in [1.807, 2.05) is 5.32 Å². The number of carbonyl (C=O) groups is 2. The van der Waals surface area contributed by atoms with Gasteiger partial charge in [0.15, 0.2) is 9.84 Å². The van der Waals surface area contributed by atoms with E-state index in [2.05, 4.69) is 0 Å². The van der Waals surface area contributed by atoms with E-state index in [0.717, 1.165) is 25.1 Å². The van der Waals surface area contributed by atoms with Crippen molar-refractivity contribution in [3.05, 3.63) is 35.4 Å². The van der Waals surface area contributed by atoms with Crippen LogP contribution in [0.15, 0.2) is 18.2 Å². The van der Waals surface area contributed by atoms with Crippen LogP contribution in [-0.4, -0.2) is 37.2 Å². The summed E-state index contributed by atoms with van der Waals surface area (Å²) in [6, 6.07) is 1.20. The molecule has 9 heteroatoms. The topological polar surface area (TPSA) is 101 Å². The minimum atomic E-state index is -4.15. The lowest BCUT2D eigenvalue weighted by molar-refractivity contribution is -0.140. The Balaban J connectivity index is 2.96. The number of halogens is 2. The summed E-state index contributed by atoms with van der Waals surface area (Å²) >= 11 is 0. The molecule has 1 aromatic rings. The van der Waals surface area contributed by atoms with Crippen molar-refractivity contribution < 1.29 is 31.9 Å². The first-order valence-electron chi connectivity index (χ1n) is 5.75. The molecule has 21 heavy (non-hydrogen) atoms. The van der Waals surface area contributed by atoms with Gasteiger partial charge in [0.1, 0.15) is 17.7 Å². The van der Waals surface area contributed by atoms with Crippen LogP contribution in [0.5, 0.6) is 0 Å². The van der Waals surface area contributed by atoms with Crippen molar-refractivity contribution in [2.45, 2.75) is 18.7 Å². The maximum absolute atomic E-state index is 13.4. The molecule has 0 spiro atoms. The molecular weight excluding hydrogens is 308 g/mol. The Morgan fingerprint density at radius 2 is 1.81 bits per heavy atom. The SMILES string of the molecule is CC(=O)N[C@@H](CS(=O)(=O)Cc1c(F)cccc1F)C(=O)O. The second-order valence-corrected chi connectivity index (χ2v) is 6.46. The third-order valence-electron chi connectivity index (χ3n) is 2.52. The molecule has 0 heterocycles. The maximum Gasteiger partial charge on any atom is 0.327 e. The molecule has 2 N–H and O–H groups in total. The summed E-state index contributed by atoms with van der Waals surface area (Å²) in [7, 11) is -4.15. The summed E-state index contributed by atoms with van der Waals surface area (Å²) in [5, 5.41) is 10.8. The van der Waals surface area contributed by atoms with Crippen LogP contribution >= 0.6 is 0 Å². The molecule has 0 aliphatic carbocycles. The Morgan fingerprint density at radius 3 is 2.24 bits per heavy atom. The third kappa shape index (κ3) is 5.10. The number of aliphatic carboxylic acids is 1. The van der Waals surface area contributed by atoms with Crippen molar-refractivity contribution in [3.63, 3.8) is 0 Å². The van der Waals surface area contributed by atoms with Crippen molar-refractivity contribution in [1.29, 1.82) is 0 Å². The van der Waals surface area contributed by atoms with Crippen molar-refractivity contribution in [1.82, 2.24) is 5.32 Å². The monoisotopic (exact) mass is 321 g/mol. The first-order valence-corrected chi connectivity index (χ1v) is 7.58. The second kappa shape index (κ2) is 6.61. The van der Waals surface area contributed by atoms with E-state index in [1.165, 1.54) is 0 Å². The number of hydrogen-bond acceptors (Lipinski definition) is 4. The van der Waals surface area contributed by atoms with Gasteiger partial charge in [0.2, 0.25) is 5.91 Å². The van der Waals surface area contributed by atoms with Gasteiger partial charge in [-0.05, 0) is 12.1 Å². The van der Waals surface area contributed by atoms with E-state index >= 15 is 0 Å². The molecule has 0 aliphatic heterocycles. The largest absolute Gasteiger partial charge is 0.480 e. The Kier molecular flexibility index (Phi) is 5.36. The van der Waals surface area contributed by atoms with Gasteiger partial charge < -0.3 is 10.4 Å². The van der Waals surface area contributed by atoms with Gasteiger partial charge in [-0.2, -0.15) is 0 Å². The van der Waals surface area contributed by atoms with Crippen molar-refractivity contribution >= 4 is 21.7 Å². The van der Waals surface area contributed by atoms with Gasteiger partial charge in [-0.1, -0.05) is 6.07 Å². The highest BCUT2D eigenvalue weighted by molar-refractivity contribution is 7.90. The highest BCUT2D eigenvalue weighted by Crippen LogP contribution is 2.16. The minimum absolute atomic E-state index is 0.663. The summed E-state index contributed by atoms with van der Waals surface area (Å²) in [6.45, 7) is 1.03. The van der Waals surface area contributed by atoms with E-state index in [1.54, 1.807) is 0 Å². The molecule has 0 bridgehead atoms. The van der Waals surface area contributed by atoms with Crippen LogP contribution in [-0.2, 0) is 25.2 Å². The number of carbonyl (C=O) groups excluding carboxylic acids is 1. The molecule has 116 valence electrons. The van der Waals surface area contributed by atoms with E-state index < -0.39 is 56.5 Å². The molecule has 1 amide bonds. The average Bonchev–Trinajstić information content (AvgIpc) is 2.32. The number of carboxylic acid groups (broad SMARTS) is 1. The number of hydrogen-bond donors (Lipinski definition) is 2. The summed E-state index contributed by atoms with van der Waals surface area (Å²) in [4.78, 5) is 21.7. The average molecular weight is 321 g/mol. The standard InChI is InChI=1S/C12H13F2NO5S/c1-7(16)15-11(12(17)18)6-21(19,20)5-8-9(13)3-2-4-10(8)14/h2-4,11H,5-6H2,1H3,(H,15,16)(H,17,18)/t11-/m0/s1. The number of rotatable bonds is 6. The predicted molar refractivity (Wildman–Crippen MR) is 69.1 cm³/mol. The fourth-order valence-corrected chi connectivity index (χ4v) is 3.19. The first kappa shape index (κ1) is 17.0. The summed E-state index contributed by atoms with van der Waals surface area (Å²) in [5.74, 6) is -6.31. The first-order chi connectivity index (χ1) is 9.62. The molecule has 1 aromatic carbocycles. The number of carboxylic acids is 1. The molecule has 0 aliphatic rings. The van der Waals surface area contributed by atoms with Crippen LogP contribution in [0, 0.1) is 11.6 Å². The van der Waals surface area contributed by atoms with Crippen LogP contribution in [0.1, 0.15) is 12.5 Å². The lowest BCUT2D eigenvalue weighted by atomic mass is 10.2. The smallest absolute Gasteiger partial charge is 0.327 e. The van der Waals surface area contributed by atoms with Gasteiger partial charge in [0.25, 0.3) is 0 Å². The van der Waals surface area contributed by atoms with Crippen molar-refractivity contribution in [2.24, 2.45) is 0 Å². The minimum Gasteiger partial charge on any atom is -0.480 e. The molecule has 0 unspecified atom stereocenters. The fourth-order valence-electron chi connectivity index (χ4n) is 1.62. The highest BCUT2D eigenvalue weighted by Gasteiger charge is 2.27. The van der Waals surface area contributed by atoms with Gasteiger partial charge >= 0.3 is 5.97 Å². The summed E-state index contributed by atoms with van der Waals surface area (Å²) in [6.07, 6.45) is 0. The van der Waals surface area contributed by atoms with Gasteiger partial charge in [-0.15, -0.1) is 0 Å². The lowest BCUT2D eigenvalue weighted by Gasteiger charge is -2.14. The van der Waals surface area contributed by atoms with Gasteiger partial charge in [0, 0.05) is 12.5 Å². The number of amides is 1. The van der Waals surface area contributed by atoms with Crippen LogP contribution in [0.2, 0.25) is 0 Å². The van der Waals surface area contributed by atoms with E-state index in [9.17, 15) is 26.8 Å². The number of benzene rings is 1. The molecule has 0 saturated heterocycles. The Hall–Kier alpha value is -2.03. The second-order valence-electron chi connectivity index (χ2n) is 4.35. The molecule has 1 atom stereocenters. The molecule has 0 saturated carbocycles. The van der Waals surface area contributed by atoms with Crippen LogP contribution in [0.4, 0.5) is 8.78 Å².